The van der Waals surface area contributed by atoms with E-state index >= 15 is 0 Å². The van der Waals surface area contributed by atoms with Crippen molar-refractivity contribution in [2.24, 2.45) is 0 Å². The van der Waals surface area contributed by atoms with Crippen molar-refractivity contribution in [2.75, 3.05) is 5.32 Å². The van der Waals surface area contributed by atoms with Gasteiger partial charge in [-0.3, -0.25) is 4.79 Å². The Hall–Kier alpha value is -3.59. The molecule has 0 aliphatic rings. The lowest BCUT2D eigenvalue weighted by Crippen LogP contribution is -2.48. The molecule has 0 bridgehead atoms. The first-order valence-electron chi connectivity index (χ1n) is 9.88. The van der Waals surface area contributed by atoms with Gasteiger partial charge in [0.05, 0.1) is 31.9 Å². The molecule has 0 aliphatic carbocycles. The molecule has 1 amide bonds. The molecule has 35 heavy (non-hydrogen) atoms. The van der Waals surface area contributed by atoms with E-state index in [1.54, 1.807) is 24.3 Å². The normalized spacial score (nSPS) is 12.2. The van der Waals surface area contributed by atoms with E-state index in [4.69, 9.17) is 44.3 Å². The summed E-state index contributed by atoms with van der Waals surface area (Å²) in [7, 11) is 0. The molecular weight excluding hydrogens is 521 g/mol. The molecule has 0 spiro atoms. The molecule has 0 heterocycles. The molecule has 0 saturated heterocycles. The van der Waals surface area contributed by atoms with Crippen LogP contribution in [0, 0.1) is 0 Å². The summed E-state index contributed by atoms with van der Waals surface area (Å²) in [5, 5.41) is 12.3. The Morgan fingerprint density at radius 2 is 1.09 bits per heavy atom. The molecule has 0 aromatic heterocycles. The van der Waals surface area contributed by atoms with Crippen molar-refractivity contribution in [3.63, 3.8) is 0 Å². The minimum absolute atomic E-state index is 0.00250. The van der Waals surface area contributed by atoms with Gasteiger partial charge >= 0.3 is 17.9 Å². The zero-order valence-corrected chi connectivity index (χ0v) is 19.9. The number of halogens is 3. The predicted octanol–water partition coefficient (Wildman–Crippen LogP) is 5.12. The third-order valence-corrected chi connectivity index (χ3v) is 5.55. The minimum Gasteiger partial charge on any atom is -0.478 e. The summed E-state index contributed by atoms with van der Waals surface area (Å²) in [4.78, 5) is 50.6. The van der Waals surface area contributed by atoms with Gasteiger partial charge < -0.3 is 19.9 Å². The van der Waals surface area contributed by atoms with E-state index in [9.17, 15) is 24.3 Å². The molecular formula is C24H16Cl3NO7. The van der Waals surface area contributed by atoms with Crippen LogP contribution in [0.25, 0.3) is 0 Å². The molecule has 0 saturated carbocycles. The van der Waals surface area contributed by atoms with Crippen LogP contribution in [0.2, 0.25) is 15.1 Å². The Bertz CT molecular complexity index is 1280. The highest BCUT2D eigenvalue weighted by Crippen LogP contribution is 2.24. The zero-order chi connectivity index (χ0) is 25.5. The van der Waals surface area contributed by atoms with E-state index in [2.05, 4.69) is 5.32 Å². The molecule has 2 atom stereocenters. The number of esters is 2. The number of ether oxygens (including phenoxy) is 2. The van der Waals surface area contributed by atoms with Crippen molar-refractivity contribution in [3.8, 4) is 0 Å². The van der Waals surface area contributed by atoms with Crippen LogP contribution in [0.1, 0.15) is 20.7 Å². The molecule has 3 rings (SSSR count). The number of amides is 1. The van der Waals surface area contributed by atoms with E-state index in [0.29, 0.717) is 0 Å². The van der Waals surface area contributed by atoms with Crippen molar-refractivity contribution < 1.29 is 33.8 Å². The fraction of sp³-hybridized carbons (Fsp3) is 0.0833. The third-order valence-electron chi connectivity index (χ3n) is 4.56. The Labute approximate surface area is 214 Å². The first kappa shape index (κ1) is 26.0. The molecule has 0 unspecified atom stereocenters. The predicted molar refractivity (Wildman–Crippen MR) is 129 cm³/mol. The number of carboxylic acid groups (broad SMARTS) is 1. The first-order valence-corrected chi connectivity index (χ1v) is 11.0. The van der Waals surface area contributed by atoms with Crippen LogP contribution >= 0.6 is 34.8 Å². The monoisotopic (exact) mass is 535 g/mol. The van der Waals surface area contributed by atoms with Gasteiger partial charge in [0.1, 0.15) is 0 Å². The number of anilines is 1. The number of carboxylic acids is 1. The maximum Gasteiger partial charge on any atom is 0.349 e. The number of hydrogen-bond acceptors (Lipinski definition) is 6. The number of nitrogens with one attached hydrogen (secondary N) is 1. The van der Waals surface area contributed by atoms with E-state index in [-0.39, 0.29) is 31.9 Å². The Balaban J connectivity index is 1.95. The Morgan fingerprint density at radius 1 is 0.657 bits per heavy atom. The van der Waals surface area contributed by atoms with Crippen molar-refractivity contribution >= 4 is 64.3 Å². The van der Waals surface area contributed by atoms with Crippen LogP contribution in [0.15, 0.2) is 72.8 Å². The van der Waals surface area contributed by atoms with Gasteiger partial charge in [0, 0.05) is 0 Å². The number of hydrogen-bond donors (Lipinski definition) is 2. The number of carbonyl (C=O) groups is 4. The van der Waals surface area contributed by atoms with Crippen molar-refractivity contribution in [2.45, 2.75) is 12.2 Å². The Kier molecular flexibility index (Phi) is 8.70. The van der Waals surface area contributed by atoms with Gasteiger partial charge in [0.15, 0.2) is 0 Å². The van der Waals surface area contributed by atoms with E-state index < -0.39 is 36.0 Å². The lowest BCUT2D eigenvalue weighted by Gasteiger charge is -2.24. The second kappa shape index (κ2) is 11.7. The zero-order valence-electron chi connectivity index (χ0n) is 17.6. The highest BCUT2D eigenvalue weighted by atomic mass is 35.5. The van der Waals surface area contributed by atoms with Crippen LogP contribution in [0.4, 0.5) is 5.69 Å². The van der Waals surface area contributed by atoms with E-state index in [1.807, 2.05) is 0 Å². The SMILES string of the molecule is O=C(O[C@H](C(=O)Nc1ccccc1Cl)[C@@H](OC(=O)c1ccccc1Cl)C(=O)O)c1ccccc1Cl. The number of rotatable bonds is 8. The van der Waals surface area contributed by atoms with Gasteiger partial charge in [-0.05, 0) is 36.4 Å². The highest BCUT2D eigenvalue weighted by Gasteiger charge is 2.41. The summed E-state index contributed by atoms with van der Waals surface area (Å²) in [5.41, 5.74) is -0.172. The molecule has 3 aromatic rings. The number of aliphatic carboxylic acids is 1. The number of para-hydroxylation sites is 1. The molecule has 2 N–H and O–H groups in total. The molecule has 0 aliphatic heterocycles. The van der Waals surface area contributed by atoms with E-state index in [1.165, 1.54) is 48.5 Å². The van der Waals surface area contributed by atoms with Crippen molar-refractivity contribution in [3.05, 3.63) is 99.0 Å². The third kappa shape index (κ3) is 6.51. The van der Waals surface area contributed by atoms with Crippen molar-refractivity contribution in [1.82, 2.24) is 0 Å². The smallest absolute Gasteiger partial charge is 0.349 e. The summed E-state index contributed by atoms with van der Waals surface area (Å²) >= 11 is 18.1. The highest BCUT2D eigenvalue weighted by molar-refractivity contribution is 6.34. The maximum absolute atomic E-state index is 13.1. The summed E-state index contributed by atoms with van der Waals surface area (Å²) < 4.78 is 10.3. The molecule has 0 fully saturated rings. The molecule has 3 aromatic carbocycles. The number of benzene rings is 3. The standard InChI is InChI=1S/C24H16Cl3NO7/c25-15-9-3-1-7-13(15)23(32)34-19(21(29)28-18-12-6-5-11-17(18)27)20(22(30)31)35-24(33)14-8-2-4-10-16(14)26/h1-12,19-20H,(H,28,29)(H,30,31)/t19-,20+/m0/s1. The van der Waals surface area contributed by atoms with Gasteiger partial charge in [-0.25, -0.2) is 14.4 Å². The summed E-state index contributed by atoms with van der Waals surface area (Å²) in [5.74, 6) is -5.13. The largest absolute Gasteiger partial charge is 0.478 e. The first-order chi connectivity index (χ1) is 16.7. The van der Waals surface area contributed by atoms with Gasteiger partial charge in [0.25, 0.3) is 5.91 Å². The van der Waals surface area contributed by atoms with Gasteiger partial charge in [-0.1, -0.05) is 71.2 Å². The van der Waals surface area contributed by atoms with E-state index in [0.717, 1.165) is 0 Å². The quantitative estimate of drug-likeness (QED) is 0.383. The van der Waals surface area contributed by atoms with Crippen LogP contribution in [-0.4, -0.2) is 41.1 Å². The second-order valence-electron chi connectivity index (χ2n) is 6.92. The Morgan fingerprint density at radius 3 is 1.54 bits per heavy atom. The topological polar surface area (TPSA) is 119 Å². The van der Waals surface area contributed by atoms with Gasteiger partial charge in [0.2, 0.25) is 12.2 Å². The summed E-state index contributed by atoms with van der Waals surface area (Å²) in [6.07, 6.45) is -4.37. The number of carbonyl (C=O) groups excluding carboxylic acids is 3. The lowest BCUT2D eigenvalue weighted by atomic mass is 10.1. The fourth-order valence-corrected chi connectivity index (χ4v) is 3.48. The average molecular weight is 537 g/mol. The molecule has 180 valence electrons. The molecule has 11 heteroatoms. The minimum atomic E-state index is -2.24. The molecule has 8 nitrogen and oxygen atoms in total. The molecule has 0 radical (unpaired) electrons. The lowest BCUT2D eigenvalue weighted by molar-refractivity contribution is -0.157. The maximum atomic E-state index is 13.1. The fourth-order valence-electron chi connectivity index (χ4n) is 2.87. The van der Waals surface area contributed by atoms with Crippen LogP contribution in [0.5, 0.6) is 0 Å². The van der Waals surface area contributed by atoms with Crippen LogP contribution in [-0.2, 0) is 19.1 Å². The summed E-state index contributed by atoms with van der Waals surface area (Å²) in [6, 6.07) is 17.6. The summed E-state index contributed by atoms with van der Waals surface area (Å²) in [6.45, 7) is 0. The van der Waals surface area contributed by atoms with Crippen molar-refractivity contribution in [1.29, 1.82) is 0 Å². The van der Waals surface area contributed by atoms with Crippen LogP contribution < -0.4 is 5.32 Å². The van der Waals surface area contributed by atoms with Gasteiger partial charge in [-0.2, -0.15) is 0 Å². The second-order valence-corrected chi connectivity index (χ2v) is 8.14. The average Bonchev–Trinajstić information content (AvgIpc) is 2.82. The van der Waals surface area contributed by atoms with Crippen LogP contribution in [0.3, 0.4) is 0 Å². The van der Waals surface area contributed by atoms with Gasteiger partial charge in [-0.15, -0.1) is 0 Å².